The minimum atomic E-state index is -0.0394. The van der Waals surface area contributed by atoms with E-state index in [1.165, 1.54) is 0 Å². The predicted octanol–water partition coefficient (Wildman–Crippen LogP) is 1.66. The second-order valence-corrected chi connectivity index (χ2v) is 5.13. The molecular formula is C12H15N3O2S. The Hall–Kier alpha value is -1.11. The Bertz CT molecular complexity index is 557. The number of aromatic nitrogens is 3. The van der Waals surface area contributed by atoms with E-state index in [9.17, 15) is 0 Å². The average molecular weight is 265 g/mol. The van der Waals surface area contributed by atoms with Crippen molar-refractivity contribution >= 4 is 17.3 Å². The van der Waals surface area contributed by atoms with Crippen LogP contribution in [0.3, 0.4) is 0 Å². The summed E-state index contributed by atoms with van der Waals surface area (Å²) in [5.74, 6) is 0. The van der Waals surface area contributed by atoms with Crippen LogP contribution in [-0.4, -0.2) is 38.7 Å². The summed E-state index contributed by atoms with van der Waals surface area (Å²) in [6.45, 7) is 0.0881. The second-order valence-electron chi connectivity index (χ2n) is 4.33. The highest BCUT2D eigenvalue weighted by Gasteiger charge is 2.28. The summed E-state index contributed by atoms with van der Waals surface area (Å²) in [5.41, 5.74) is 2.05. The number of nitrogens with zero attached hydrogens (tertiary/aromatic N) is 3. The van der Waals surface area contributed by atoms with Gasteiger partial charge in [0.1, 0.15) is 17.5 Å². The van der Waals surface area contributed by atoms with Gasteiger partial charge in [0.15, 0.2) is 0 Å². The van der Waals surface area contributed by atoms with Gasteiger partial charge in [0, 0.05) is 0 Å². The first-order chi connectivity index (χ1) is 8.83. The Kier molecular flexibility index (Phi) is 3.23. The van der Waals surface area contributed by atoms with E-state index in [0.717, 1.165) is 29.1 Å². The van der Waals surface area contributed by atoms with Gasteiger partial charge < -0.3 is 9.84 Å². The van der Waals surface area contributed by atoms with Gasteiger partial charge in [-0.1, -0.05) is 0 Å². The smallest absolute Gasteiger partial charge is 0.137 e. The molecule has 0 saturated carbocycles. The minimum Gasteiger partial charge on any atom is -0.394 e. The summed E-state index contributed by atoms with van der Waals surface area (Å²) >= 11 is 1.61. The zero-order valence-electron chi connectivity index (χ0n) is 10.1. The van der Waals surface area contributed by atoms with Gasteiger partial charge in [-0.05, 0) is 31.2 Å². The lowest BCUT2D eigenvalue weighted by Crippen LogP contribution is -2.12. The first kappa shape index (κ1) is 12.0. The van der Waals surface area contributed by atoms with Crippen LogP contribution in [0.4, 0.5) is 0 Å². The fourth-order valence-electron chi connectivity index (χ4n) is 2.39. The molecule has 2 aromatic heterocycles. The van der Waals surface area contributed by atoms with Crippen LogP contribution < -0.4 is 0 Å². The van der Waals surface area contributed by atoms with Gasteiger partial charge in [-0.15, -0.1) is 11.8 Å². The molecule has 2 atom stereocenters. The molecular weight excluding hydrogens is 250 g/mol. The van der Waals surface area contributed by atoms with Crippen molar-refractivity contribution in [3.63, 3.8) is 0 Å². The molecule has 1 fully saturated rings. The number of hydrogen-bond donors (Lipinski definition) is 1. The van der Waals surface area contributed by atoms with Crippen LogP contribution >= 0.6 is 11.8 Å². The molecule has 1 aliphatic rings. The van der Waals surface area contributed by atoms with Crippen molar-refractivity contribution < 1.29 is 9.84 Å². The van der Waals surface area contributed by atoms with E-state index in [1.807, 2.05) is 22.9 Å². The Labute approximate surface area is 109 Å². The van der Waals surface area contributed by atoms with Crippen LogP contribution in [0.1, 0.15) is 24.6 Å². The quantitative estimate of drug-likeness (QED) is 0.855. The molecule has 0 amide bonds. The van der Waals surface area contributed by atoms with Crippen LogP contribution in [0.25, 0.3) is 5.52 Å². The zero-order chi connectivity index (χ0) is 12.5. The number of fused-ring (bicyclic) bond motifs is 1. The zero-order valence-corrected chi connectivity index (χ0v) is 10.9. The lowest BCUT2D eigenvalue weighted by molar-refractivity contribution is 0.00854. The van der Waals surface area contributed by atoms with Gasteiger partial charge in [-0.3, -0.25) is 0 Å². The molecule has 1 aliphatic heterocycles. The number of aliphatic hydroxyl groups excluding tert-OH is 1. The molecule has 0 aliphatic carbocycles. The molecule has 1 saturated heterocycles. The summed E-state index contributed by atoms with van der Waals surface area (Å²) in [7, 11) is 0. The third-order valence-electron chi connectivity index (χ3n) is 3.28. The average Bonchev–Trinajstić information content (AvgIpc) is 3.03. The Morgan fingerprint density at radius 3 is 3.11 bits per heavy atom. The van der Waals surface area contributed by atoms with E-state index in [4.69, 9.17) is 9.84 Å². The van der Waals surface area contributed by atoms with Crippen LogP contribution in [0.15, 0.2) is 23.5 Å². The Morgan fingerprint density at radius 1 is 1.50 bits per heavy atom. The van der Waals surface area contributed by atoms with E-state index in [1.54, 1.807) is 18.1 Å². The molecule has 0 spiro atoms. The van der Waals surface area contributed by atoms with Crippen molar-refractivity contribution in [3.05, 3.63) is 24.2 Å². The highest BCUT2D eigenvalue weighted by Crippen LogP contribution is 2.34. The van der Waals surface area contributed by atoms with Crippen molar-refractivity contribution in [1.82, 2.24) is 14.6 Å². The van der Waals surface area contributed by atoms with Gasteiger partial charge in [-0.2, -0.15) is 5.10 Å². The molecule has 1 N–H and O–H groups in total. The first-order valence-corrected chi connectivity index (χ1v) is 7.19. The highest BCUT2D eigenvalue weighted by atomic mass is 32.2. The van der Waals surface area contributed by atoms with Crippen molar-refractivity contribution in [2.75, 3.05) is 12.9 Å². The van der Waals surface area contributed by atoms with Crippen LogP contribution in [0, 0.1) is 0 Å². The van der Waals surface area contributed by atoms with E-state index in [-0.39, 0.29) is 18.8 Å². The molecule has 2 unspecified atom stereocenters. The summed E-state index contributed by atoms with van der Waals surface area (Å²) in [6, 6.07) is 4.06. The minimum absolute atomic E-state index is 0.0225. The molecule has 96 valence electrons. The van der Waals surface area contributed by atoms with Crippen LogP contribution in [0.2, 0.25) is 0 Å². The first-order valence-electron chi connectivity index (χ1n) is 5.96. The molecule has 3 rings (SSSR count). The molecule has 6 heteroatoms. The standard InChI is InChI=1S/C12H15N3O2S/c1-18-12-10-4-3-9(15(10)14-7-13-12)11-5-2-8(6-16)17-11/h3-4,7-8,11,16H,2,5-6H2,1H3. The summed E-state index contributed by atoms with van der Waals surface area (Å²) < 4.78 is 7.69. The maximum atomic E-state index is 9.12. The molecule has 5 nitrogen and oxygen atoms in total. The molecule has 18 heavy (non-hydrogen) atoms. The Morgan fingerprint density at radius 2 is 2.39 bits per heavy atom. The normalized spacial score (nSPS) is 23.9. The van der Waals surface area contributed by atoms with E-state index in [0.29, 0.717) is 0 Å². The topological polar surface area (TPSA) is 59.7 Å². The summed E-state index contributed by atoms with van der Waals surface area (Å²) in [4.78, 5) is 4.25. The van der Waals surface area contributed by atoms with Crippen molar-refractivity contribution in [2.24, 2.45) is 0 Å². The fourth-order valence-corrected chi connectivity index (χ4v) is 2.91. The van der Waals surface area contributed by atoms with Gasteiger partial charge in [0.2, 0.25) is 0 Å². The third kappa shape index (κ3) is 1.90. The number of rotatable bonds is 3. The molecule has 3 heterocycles. The maximum Gasteiger partial charge on any atom is 0.137 e. The molecule has 2 aromatic rings. The fraction of sp³-hybridized carbons (Fsp3) is 0.500. The molecule has 0 radical (unpaired) electrons. The number of thioether (sulfide) groups is 1. The van der Waals surface area contributed by atoms with Gasteiger partial charge in [0.25, 0.3) is 0 Å². The van der Waals surface area contributed by atoms with Crippen molar-refractivity contribution in [1.29, 1.82) is 0 Å². The van der Waals surface area contributed by atoms with Gasteiger partial charge >= 0.3 is 0 Å². The Balaban J connectivity index is 1.98. The van der Waals surface area contributed by atoms with E-state index < -0.39 is 0 Å². The number of aliphatic hydroxyl groups is 1. The van der Waals surface area contributed by atoms with Crippen molar-refractivity contribution in [2.45, 2.75) is 30.1 Å². The van der Waals surface area contributed by atoms with Crippen LogP contribution in [-0.2, 0) is 4.74 Å². The lowest BCUT2D eigenvalue weighted by Gasteiger charge is -2.12. The van der Waals surface area contributed by atoms with Gasteiger partial charge in [0.05, 0.1) is 23.9 Å². The number of hydrogen-bond acceptors (Lipinski definition) is 5. The monoisotopic (exact) mass is 265 g/mol. The SMILES string of the molecule is CSc1ncnn2c(C3CCC(CO)O3)ccc12. The maximum absolute atomic E-state index is 9.12. The van der Waals surface area contributed by atoms with E-state index >= 15 is 0 Å². The summed E-state index contributed by atoms with van der Waals surface area (Å²) in [5, 5.41) is 14.4. The van der Waals surface area contributed by atoms with E-state index in [2.05, 4.69) is 10.1 Å². The predicted molar refractivity (Wildman–Crippen MR) is 68.7 cm³/mol. The largest absolute Gasteiger partial charge is 0.394 e. The third-order valence-corrected chi connectivity index (χ3v) is 3.98. The molecule has 0 bridgehead atoms. The number of ether oxygens (including phenoxy) is 1. The van der Waals surface area contributed by atoms with Crippen molar-refractivity contribution in [3.8, 4) is 0 Å². The summed E-state index contributed by atoms with van der Waals surface area (Å²) in [6.07, 6.45) is 5.38. The highest BCUT2D eigenvalue weighted by molar-refractivity contribution is 7.98. The van der Waals surface area contributed by atoms with Crippen LogP contribution in [0.5, 0.6) is 0 Å². The molecule has 0 aromatic carbocycles. The second kappa shape index (κ2) is 4.87. The lowest BCUT2D eigenvalue weighted by atomic mass is 10.1. The van der Waals surface area contributed by atoms with Gasteiger partial charge in [-0.25, -0.2) is 9.50 Å².